The Balaban J connectivity index is 1.82. The number of hydrogen-bond donors (Lipinski definition) is 1. The molecule has 1 N–H and O–H groups in total. The van der Waals surface area contributed by atoms with Crippen LogP contribution in [0.4, 0.5) is 0 Å². The average molecular weight is 300 g/mol. The van der Waals surface area contributed by atoms with Gasteiger partial charge >= 0.3 is 0 Å². The molecule has 112 valence electrons. The first-order valence-electron chi connectivity index (χ1n) is 6.61. The van der Waals surface area contributed by atoms with Crippen molar-refractivity contribution < 1.29 is 17.6 Å². The number of nitrogens with zero attached hydrogens (tertiary/aromatic N) is 1. The Morgan fingerprint density at radius 3 is 2.90 bits per heavy atom. The van der Waals surface area contributed by atoms with Gasteiger partial charge in [-0.1, -0.05) is 0 Å². The number of carbonyl (C=O) groups excluding carboxylic acids is 1. The summed E-state index contributed by atoms with van der Waals surface area (Å²) in [5, 5.41) is 2.83. The third-order valence-electron chi connectivity index (χ3n) is 3.57. The van der Waals surface area contributed by atoms with Gasteiger partial charge in [0.25, 0.3) is 0 Å². The van der Waals surface area contributed by atoms with Crippen LogP contribution in [0.1, 0.15) is 25.1 Å². The summed E-state index contributed by atoms with van der Waals surface area (Å²) in [6.07, 6.45) is 2.16. The fourth-order valence-corrected chi connectivity index (χ4v) is 4.18. The quantitative estimate of drug-likeness (QED) is 0.860. The highest BCUT2D eigenvalue weighted by molar-refractivity contribution is 7.91. The molecule has 2 heterocycles. The smallest absolute Gasteiger partial charge is 0.234 e. The molecule has 20 heavy (non-hydrogen) atoms. The summed E-state index contributed by atoms with van der Waals surface area (Å²) in [5.74, 6) is 0.918. The summed E-state index contributed by atoms with van der Waals surface area (Å²) in [6, 6.07) is 3.31. The van der Waals surface area contributed by atoms with Crippen LogP contribution < -0.4 is 5.32 Å². The highest BCUT2D eigenvalue weighted by atomic mass is 32.2. The minimum absolute atomic E-state index is 0.0651. The second-order valence-corrected chi connectivity index (χ2v) is 7.51. The highest BCUT2D eigenvalue weighted by Crippen LogP contribution is 2.16. The average Bonchev–Trinajstić information content (AvgIpc) is 2.97. The molecule has 0 bridgehead atoms. The van der Waals surface area contributed by atoms with Gasteiger partial charge in [0.1, 0.15) is 5.76 Å². The standard InChI is InChI=1S/C13H20N2O4S/c1-10(12-4-3-6-19-12)14-13(16)8-15(2)11-5-7-20(17,18)9-11/h3-4,6,10-11H,5,7-9H2,1-2H3,(H,14,16). The lowest BCUT2D eigenvalue weighted by Gasteiger charge is -2.23. The van der Waals surface area contributed by atoms with Crippen molar-refractivity contribution in [2.45, 2.75) is 25.4 Å². The Hall–Kier alpha value is -1.34. The molecule has 6 nitrogen and oxygen atoms in total. The fourth-order valence-electron chi connectivity index (χ4n) is 2.37. The van der Waals surface area contributed by atoms with Crippen LogP contribution in [0.25, 0.3) is 0 Å². The van der Waals surface area contributed by atoms with E-state index in [2.05, 4.69) is 5.32 Å². The van der Waals surface area contributed by atoms with E-state index >= 15 is 0 Å². The third-order valence-corrected chi connectivity index (χ3v) is 5.32. The Kier molecular flexibility index (Phi) is 4.49. The van der Waals surface area contributed by atoms with Gasteiger partial charge in [0.2, 0.25) is 5.91 Å². The lowest BCUT2D eigenvalue weighted by Crippen LogP contribution is -2.41. The van der Waals surface area contributed by atoms with Gasteiger partial charge in [0.05, 0.1) is 30.4 Å². The van der Waals surface area contributed by atoms with E-state index < -0.39 is 9.84 Å². The van der Waals surface area contributed by atoms with Crippen LogP contribution >= 0.6 is 0 Å². The van der Waals surface area contributed by atoms with Crippen LogP contribution in [-0.2, 0) is 14.6 Å². The number of amides is 1. The van der Waals surface area contributed by atoms with Crippen molar-refractivity contribution in [1.82, 2.24) is 10.2 Å². The van der Waals surface area contributed by atoms with E-state index in [4.69, 9.17) is 4.42 Å². The molecule has 0 spiro atoms. The van der Waals surface area contributed by atoms with Crippen LogP contribution in [0, 0.1) is 0 Å². The Morgan fingerprint density at radius 2 is 2.35 bits per heavy atom. The van der Waals surface area contributed by atoms with Crippen LogP contribution in [0.3, 0.4) is 0 Å². The molecule has 1 aromatic rings. The topological polar surface area (TPSA) is 79.6 Å². The van der Waals surface area contributed by atoms with Gasteiger partial charge in [0, 0.05) is 6.04 Å². The van der Waals surface area contributed by atoms with E-state index in [9.17, 15) is 13.2 Å². The molecule has 7 heteroatoms. The fraction of sp³-hybridized carbons (Fsp3) is 0.615. The van der Waals surface area contributed by atoms with Crippen LogP contribution in [0.5, 0.6) is 0 Å². The van der Waals surface area contributed by atoms with E-state index in [1.165, 1.54) is 0 Å². The molecule has 1 amide bonds. The molecule has 1 fully saturated rings. The molecular formula is C13H20N2O4S. The van der Waals surface area contributed by atoms with Crippen LogP contribution in [0.2, 0.25) is 0 Å². The summed E-state index contributed by atoms with van der Waals surface area (Å²) in [4.78, 5) is 13.7. The minimum atomic E-state index is -2.92. The maximum atomic E-state index is 11.9. The van der Waals surface area contributed by atoms with E-state index in [-0.39, 0.29) is 36.0 Å². The molecular weight excluding hydrogens is 280 g/mol. The summed E-state index contributed by atoms with van der Waals surface area (Å²) in [6.45, 7) is 2.03. The zero-order valence-corrected chi connectivity index (χ0v) is 12.5. The molecule has 1 saturated heterocycles. The normalized spacial score (nSPS) is 22.9. The SMILES string of the molecule is CC(NC(=O)CN(C)C1CCS(=O)(=O)C1)c1ccco1. The van der Waals surface area contributed by atoms with Crippen molar-refractivity contribution >= 4 is 15.7 Å². The number of likely N-dealkylation sites (N-methyl/N-ethyl adjacent to an activating group) is 1. The second-order valence-electron chi connectivity index (χ2n) is 5.28. The molecule has 0 saturated carbocycles. The van der Waals surface area contributed by atoms with Crippen molar-refractivity contribution in [3.05, 3.63) is 24.2 Å². The minimum Gasteiger partial charge on any atom is -0.467 e. The van der Waals surface area contributed by atoms with Crippen molar-refractivity contribution in [2.24, 2.45) is 0 Å². The first kappa shape index (κ1) is 15.1. The Labute approximate surface area is 119 Å². The van der Waals surface area contributed by atoms with Gasteiger partial charge in [-0.05, 0) is 32.5 Å². The van der Waals surface area contributed by atoms with Gasteiger partial charge < -0.3 is 9.73 Å². The predicted octanol–water partition coefficient (Wildman–Crippen LogP) is 0.576. The number of rotatable bonds is 5. The predicted molar refractivity (Wildman–Crippen MR) is 75.0 cm³/mol. The molecule has 2 unspecified atom stereocenters. The first-order chi connectivity index (χ1) is 9.37. The lowest BCUT2D eigenvalue weighted by molar-refractivity contribution is -0.123. The molecule has 0 aromatic carbocycles. The maximum Gasteiger partial charge on any atom is 0.234 e. The Morgan fingerprint density at radius 1 is 1.60 bits per heavy atom. The van der Waals surface area contributed by atoms with Gasteiger partial charge in [-0.15, -0.1) is 0 Å². The maximum absolute atomic E-state index is 11.9. The van der Waals surface area contributed by atoms with Gasteiger partial charge in [-0.25, -0.2) is 8.42 Å². The molecule has 2 rings (SSSR count). The summed E-state index contributed by atoms with van der Waals surface area (Å²) in [7, 11) is -1.14. The van der Waals surface area contributed by atoms with Gasteiger partial charge in [-0.2, -0.15) is 0 Å². The van der Waals surface area contributed by atoms with Crippen LogP contribution in [-0.4, -0.2) is 50.4 Å². The molecule has 1 aromatic heterocycles. The number of nitrogens with one attached hydrogen (secondary N) is 1. The summed E-state index contributed by atoms with van der Waals surface area (Å²) < 4.78 is 28.1. The Bertz CT molecular complexity index is 553. The molecule has 0 radical (unpaired) electrons. The van der Waals surface area contributed by atoms with E-state index in [0.717, 1.165) is 0 Å². The number of sulfone groups is 1. The van der Waals surface area contributed by atoms with Gasteiger partial charge in [-0.3, -0.25) is 9.69 Å². The lowest BCUT2D eigenvalue weighted by atomic mass is 10.2. The van der Waals surface area contributed by atoms with E-state index in [1.807, 2.05) is 6.92 Å². The van der Waals surface area contributed by atoms with Crippen molar-refractivity contribution in [3.63, 3.8) is 0 Å². The first-order valence-corrected chi connectivity index (χ1v) is 8.43. The third kappa shape index (κ3) is 3.83. The zero-order chi connectivity index (χ0) is 14.8. The molecule has 1 aliphatic heterocycles. The van der Waals surface area contributed by atoms with Gasteiger partial charge in [0.15, 0.2) is 9.84 Å². The second kappa shape index (κ2) is 5.97. The van der Waals surface area contributed by atoms with Crippen molar-refractivity contribution in [2.75, 3.05) is 25.1 Å². The highest BCUT2D eigenvalue weighted by Gasteiger charge is 2.31. The summed E-state index contributed by atoms with van der Waals surface area (Å²) >= 11 is 0. The number of furan rings is 1. The molecule has 2 atom stereocenters. The van der Waals surface area contributed by atoms with Crippen molar-refractivity contribution in [3.8, 4) is 0 Å². The molecule has 1 aliphatic rings. The zero-order valence-electron chi connectivity index (χ0n) is 11.7. The monoisotopic (exact) mass is 300 g/mol. The largest absolute Gasteiger partial charge is 0.467 e. The van der Waals surface area contributed by atoms with E-state index in [0.29, 0.717) is 12.2 Å². The van der Waals surface area contributed by atoms with Crippen LogP contribution in [0.15, 0.2) is 22.8 Å². The van der Waals surface area contributed by atoms with Crippen molar-refractivity contribution in [1.29, 1.82) is 0 Å². The number of carbonyl (C=O) groups is 1. The summed E-state index contributed by atoms with van der Waals surface area (Å²) in [5.41, 5.74) is 0. The van der Waals surface area contributed by atoms with E-state index in [1.54, 1.807) is 30.3 Å². The molecule has 0 aliphatic carbocycles. The number of hydrogen-bond acceptors (Lipinski definition) is 5.